The Morgan fingerprint density at radius 3 is 3.00 bits per heavy atom. The number of ether oxygens (including phenoxy) is 2. The van der Waals surface area contributed by atoms with Gasteiger partial charge in [-0.3, -0.25) is 4.79 Å². The molecular weight excluding hydrogens is 210 g/mol. The van der Waals surface area contributed by atoms with Gasteiger partial charge in [-0.05, 0) is 19.1 Å². The maximum atomic E-state index is 11.5. The molecule has 1 atom stereocenters. The summed E-state index contributed by atoms with van der Waals surface area (Å²) in [5, 5.41) is 2.58. The number of hydrogen-bond donors (Lipinski definition) is 1. The minimum Gasteiger partial charge on any atom is -0.466 e. The summed E-state index contributed by atoms with van der Waals surface area (Å²) in [6, 6.07) is 6.92. The van der Waals surface area contributed by atoms with Crippen molar-refractivity contribution in [2.24, 2.45) is 0 Å². The van der Waals surface area contributed by atoms with Crippen molar-refractivity contribution < 1.29 is 19.1 Å². The molecule has 1 aliphatic rings. The highest BCUT2D eigenvalue weighted by molar-refractivity contribution is 6.09. The van der Waals surface area contributed by atoms with Crippen LogP contribution in [-0.4, -0.2) is 24.6 Å². The number of para-hydroxylation sites is 2. The number of rotatable bonds is 2. The highest BCUT2D eigenvalue weighted by Crippen LogP contribution is 2.28. The van der Waals surface area contributed by atoms with Crippen molar-refractivity contribution in [1.29, 1.82) is 0 Å². The van der Waals surface area contributed by atoms with Gasteiger partial charge >= 0.3 is 5.97 Å². The van der Waals surface area contributed by atoms with E-state index in [-0.39, 0.29) is 6.61 Å². The summed E-state index contributed by atoms with van der Waals surface area (Å²) in [6.07, 6.45) is -1.21. The number of fused-ring (bicyclic) bond motifs is 1. The van der Waals surface area contributed by atoms with Crippen LogP contribution in [0.2, 0.25) is 0 Å². The average Bonchev–Trinajstić information content (AvgIpc) is 2.28. The molecule has 0 radical (unpaired) electrons. The Labute approximate surface area is 92.4 Å². The number of nitrogens with one attached hydrogen (secondary N) is 1. The van der Waals surface area contributed by atoms with Crippen LogP contribution >= 0.6 is 0 Å². The summed E-state index contributed by atoms with van der Waals surface area (Å²) < 4.78 is 10.0. The van der Waals surface area contributed by atoms with E-state index in [0.717, 1.165) is 0 Å². The summed E-state index contributed by atoms with van der Waals surface area (Å²) in [5.74, 6) is -0.702. The maximum Gasteiger partial charge on any atom is 0.357 e. The molecule has 16 heavy (non-hydrogen) atoms. The zero-order chi connectivity index (χ0) is 11.5. The molecule has 1 unspecified atom stereocenters. The van der Waals surface area contributed by atoms with E-state index in [9.17, 15) is 9.59 Å². The summed E-state index contributed by atoms with van der Waals surface area (Å²) in [7, 11) is 0. The first kappa shape index (κ1) is 10.5. The molecule has 1 N–H and O–H groups in total. The van der Waals surface area contributed by atoms with Crippen LogP contribution in [0, 0.1) is 0 Å². The number of amides is 1. The number of carbonyl (C=O) groups excluding carboxylic acids is 2. The van der Waals surface area contributed by atoms with E-state index in [0.29, 0.717) is 11.4 Å². The fraction of sp³-hybridized carbons (Fsp3) is 0.273. The normalized spacial score (nSPS) is 18.1. The van der Waals surface area contributed by atoms with Crippen LogP contribution in [0.4, 0.5) is 5.69 Å². The Balaban J connectivity index is 2.21. The average molecular weight is 221 g/mol. The van der Waals surface area contributed by atoms with Gasteiger partial charge in [-0.15, -0.1) is 0 Å². The van der Waals surface area contributed by atoms with Crippen LogP contribution < -0.4 is 10.1 Å². The van der Waals surface area contributed by atoms with Crippen molar-refractivity contribution in [3.63, 3.8) is 0 Å². The molecule has 0 spiro atoms. The molecule has 1 aromatic carbocycles. The molecule has 2 rings (SSSR count). The molecule has 0 saturated heterocycles. The van der Waals surface area contributed by atoms with E-state index >= 15 is 0 Å². The molecule has 0 saturated carbocycles. The number of hydrogen-bond acceptors (Lipinski definition) is 4. The van der Waals surface area contributed by atoms with Gasteiger partial charge in [-0.25, -0.2) is 4.79 Å². The molecule has 0 bridgehead atoms. The summed E-state index contributed by atoms with van der Waals surface area (Å²) in [4.78, 5) is 22.9. The van der Waals surface area contributed by atoms with Gasteiger partial charge in [0.1, 0.15) is 5.75 Å². The molecule has 84 valence electrons. The Hall–Kier alpha value is -2.04. The number of benzene rings is 1. The summed E-state index contributed by atoms with van der Waals surface area (Å²) in [6.45, 7) is 1.89. The third kappa shape index (κ3) is 1.84. The smallest absolute Gasteiger partial charge is 0.357 e. The lowest BCUT2D eigenvalue weighted by atomic mass is 10.2. The molecule has 5 nitrogen and oxygen atoms in total. The Morgan fingerprint density at radius 1 is 1.50 bits per heavy atom. The second kappa shape index (κ2) is 4.22. The van der Waals surface area contributed by atoms with Crippen LogP contribution in [0.1, 0.15) is 6.92 Å². The van der Waals surface area contributed by atoms with E-state index in [4.69, 9.17) is 9.47 Å². The number of esters is 1. The molecule has 1 aromatic rings. The lowest BCUT2D eigenvalue weighted by Gasteiger charge is -2.23. The molecule has 0 aliphatic carbocycles. The van der Waals surface area contributed by atoms with Crippen LogP contribution in [0.25, 0.3) is 0 Å². The minimum atomic E-state index is -1.21. The molecule has 1 aliphatic heterocycles. The monoisotopic (exact) mass is 221 g/mol. The largest absolute Gasteiger partial charge is 0.466 e. The lowest BCUT2D eigenvalue weighted by Crippen LogP contribution is -2.43. The van der Waals surface area contributed by atoms with E-state index in [1.165, 1.54) is 0 Å². The van der Waals surface area contributed by atoms with E-state index in [1.54, 1.807) is 31.2 Å². The van der Waals surface area contributed by atoms with Crippen molar-refractivity contribution in [3.8, 4) is 5.75 Å². The molecule has 0 aromatic heterocycles. The van der Waals surface area contributed by atoms with Crippen LogP contribution in [-0.2, 0) is 14.3 Å². The Bertz CT molecular complexity index is 430. The fourth-order valence-corrected chi connectivity index (χ4v) is 1.42. The molecular formula is C11H11NO4. The van der Waals surface area contributed by atoms with E-state index < -0.39 is 18.0 Å². The molecule has 1 heterocycles. The van der Waals surface area contributed by atoms with Crippen LogP contribution in [0.5, 0.6) is 5.75 Å². The predicted octanol–water partition coefficient (Wildman–Crippen LogP) is 0.949. The van der Waals surface area contributed by atoms with Crippen LogP contribution in [0.15, 0.2) is 24.3 Å². The lowest BCUT2D eigenvalue weighted by molar-refractivity contribution is -0.155. The van der Waals surface area contributed by atoms with Crippen LogP contribution in [0.3, 0.4) is 0 Å². The van der Waals surface area contributed by atoms with Crippen molar-refractivity contribution >= 4 is 17.6 Å². The van der Waals surface area contributed by atoms with Crippen molar-refractivity contribution in [2.45, 2.75) is 13.0 Å². The van der Waals surface area contributed by atoms with Gasteiger partial charge in [-0.2, -0.15) is 0 Å². The van der Waals surface area contributed by atoms with Crippen molar-refractivity contribution in [2.75, 3.05) is 11.9 Å². The second-order valence-corrected chi connectivity index (χ2v) is 3.24. The molecule has 1 amide bonds. The first-order valence-corrected chi connectivity index (χ1v) is 4.95. The van der Waals surface area contributed by atoms with Gasteiger partial charge in [0.15, 0.2) is 0 Å². The van der Waals surface area contributed by atoms with Gasteiger partial charge < -0.3 is 14.8 Å². The van der Waals surface area contributed by atoms with Crippen molar-refractivity contribution in [3.05, 3.63) is 24.3 Å². The number of carbonyl (C=O) groups is 2. The minimum absolute atomic E-state index is 0.216. The molecule has 5 heteroatoms. The zero-order valence-corrected chi connectivity index (χ0v) is 8.73. The SMILES string of the molecule is CCOC(=O)C1Oc2ccccc2NC1=O. The molecule has 0 fully saturated rings. The van der Waals surface area contributed by atoms with E-state index in [2.05, 4.69) is 5.32 Å². The highest BCUT2D eigenvalue weighted by atomic mass is 16.6. The third-order valence-corrected chi connectivity index (χ3v) is 2.13. The topological polar surface area (TPSA) is 64.6 Å². The third-order valence-electron chi connectivity index (χ3n) is 2.13. The Kier molecular flexibility index (Phi) is 2.76. The predicted molar refractivity (Wildman–Crippen MR) is 56.1 cm³/mol. The van der Waals surface area contributed by atoms with Gasteiger partial charge in [0.25, 0.3) is 12.0 Å². The fourth-order valence-electron chi connectivity index (χ4n) is 1.42. The summed E-state index contributed by atoms with van der Waals surface area (Å²) in [5.41, 5.74) is 0.563. The zero-order valence-electron chi connectivity index (χ0n) is 8.73. The highest BCUT2D eigenvalue weighted by Gasteiger charge is 2.34. The quantitative estimate of drug-likeness (QED) is 0.596. The van der Waals surface area contributed by atoms with Gasteiger partial charge in [0, 0.05) is 0 Å². The first-order chi connectivity index (χ1) is 7.72. The number of anilines is 1. The van der Waals surface area contributed by atoms with Gasteiger partial charge in [-0.1, -0.05) is 12.1 Å². The maximum absolute atomic E-state index is 11.5. The first-order valence-electron chi connectivity index (χ1n) is 4.95. The second-order valence-electron chi connectivity index (χ2n) is 3.24. The van der Waals surface area contributed by atoms with Gasteiger partial charge in [0.2, 0.25) is 0 Å². The van der Waals surface area contributed by atoms with Gasteiger partial charge in [0.05, 0.1) is 12.3 Å². The Morgan fingerprint density at radius 2 is 2.25 bits per heavy atom. The van der Waals surface area contributed by atoms with Crippen molar-refractivity contribution in [1.82, 2.24) is 0 Å². The summed E-state index contributed by atoms with van der Waals surface area (Å²) >= 11 is 0. The standard InChI is InChI=1S/C11H11NO4/c1-2-15-11(14)9-10(13)12-7-5-3-4-6-8(7)16-9/h3-6,9H,2H2,1H3,(H,12,13). The van der Waals surface area contributed by atoms with E-state index in [1.807, 2.05) is 0 Å².